The van der Waals surface area contributed by atoms with Crippen LogP contribution in [-0.4, -0.2) is 32.4 Å². The standard InChI is InChI=1S/C18H13N5O3S2/c24-18(22-6-5-10-1-2-12(23(25)26)7-11(10)8-22)21-17-20-13-3-4-14-15(16(13)28-17)19-9-27-14/h1-4,7,9H,5-6,8H2,(H,20,21,24). The van der Waals surface area contributed by atoms with Gasteiger partial charge in [-0.05, 0) is 29.7 Å². The van der Waals surface area contributed by atoms with Crippen LogP contribution in [0.1, 0.15) is 11.1 Å². The average molecular weight is 411 g/mol. The Morgan fingerprint density at radius 1 is 1.25 bits per heavy atom. The molecule has 10 heteroatoms. The summed E-state index contributed by atoms with van der Waals surface area (Å²) in [6.45, 7) is 0.891. The fourth-order valence-corrected chi connectivity index (χ4v) is 5.07. The third-order valence-electron chi connectivity index (χ3n) is 4.77. The summed E-state index contributed by atoms with van der Waals surface area (Å²) in [6, 6.07) is 8.48. The van der Waals surface area contributed by atoms with Gasteiger partial charge in [0.15, 0.2) is 5.13 Å². The normalized spacial score (nSPS) is 13.6. The minimum Gasteiger partial charge on any atom is -0.320 e. The Morgan fingerprint density at radius 3 is 3.00 bits per heavy atom. The van der Waals surface area contributed by atoms with E-state index < -0.39 is 4.92 Å². The summed E-state index contributed by atoms with van der Waals surface area (Å²) < 4.78 is 2.04. The topological polar surface area (TPSA) is 101 Å². The molecule has 8 nitrogen and oxygen atoms in total. The molecule has 0 saturated carbocycles. The first-order valence-electron chi connectivity index (χ1n) is 8.53. The van der Waals surface area contributed by atoms with Crippen LogP contribution in [0.25, 0.3) is 20.4 Å². The molecule has 1 aliphatic rings. The SMILES string of the molecule is O=C(Nc1nc2ccc3scnc3c2s1)N1CCc2ccc([N+](=O)[O-])cc2C1. The van der Waals surface area contributed by atoms with Crippen molar-refractivity contribution in [2.75, 3.05) is 11.9 Å². The third kappa shape index (κ3) is 2.86. The first-order chi connectivity index (χ1) is 13.6. The van der Waals surface area contributed by atoms with E-state index in [-0.39, 0.29) is 11.7 Å². The van der Waals surface area contributed by atoms with Crippen LogP contribution in [0.2, 0.25) is 0 Å². The Balaban J connectivity index is 1.38. The van der Waals surface area contributed by atoms with Crippen molar-refractivity contribution in [3.63, 3.8) is 0 Å². The largest absolute Gasteiger partial charge is 0.323 e. The van der Waals surface area contributed by atoms with Gasteiger partial charge in [-0.25, -0.2) is 14.8 Å². The van der Waals surface area contributed by atoms with Gasteiger partial charge in [0.05, 0.1) is 25.4 Å². The summed E-state index contributed by atoms with van der Waals surface area (Å²) in [5, 5.41) is 14.4. The molecule has 2 aromatic carbocycles. The second-order valence-electron chi connectivity index (χ2n) is 6.44. The van der Waals surface area contributed by atoms with E-state index in [2.05, 4.69) is 15.3 Å². The van der Waals surface area contributed by atoms with Crippen LogP contribution in [0, 0.1) is 10.1 Å². The van der Waals surface area contributed by atoms with Gasteiger partial charge >= 0.3 is 6.03 Å². The summed E-state index contributed by atoms with van der Waals surface area (Å²) >= 11 is 2.97. The lowest BCUT2D eigenvalue weighted by Gasteiger charge is -2.28. The monoisotopic (exact) mass is 411 g/mol. The molecule has 0 aliphatic carbocycles. The molecule has 0 radical (unpaired) electrons. The number of fused-ring (bicyclic) bond motifs is 4. The molecular weight excluding hydrogens is 398 g/mol. The second-order valence-corrected chi connectivity index (χ2v) is 8.33. The molecule has 1 N–H and O–H groups in total. The van der Waals surface area contributed by atoms with Gasteiger partial charge in [0, 0.05) is 25.2 Å². The number of nitro benzene ring substituents is 1. The van der Waals surface area contributed by atoms with Crippen molar-refractivity contribution in [1.29, 1.82) is 0 Å². The summed E-state index contributed by atoms with van der Waals surface area (Å²) in [5.74, 6) is 0. The number of nitrogens with zero attached hydrogens (tertiary/aromatic N) is 4. The first kappa shape index (κ1) is 17.0. The lowest BCUT2D eigenvalue weighted by molar-refractivity contribution is -0.385. The number of hydrogen-bond acceptors (Lipinski definition) is 7. The lowest BCUT2D eigenvalue weighted by atomic mass is 9.99. The highest BCUT2D eigenvalue weighted by Gasteiger charge is 2.23. The number of anilines is 1. The fraction of sp³-hybridized carbons (Fsp3) is 0.167. The highest BCUT2D eigenvalue weighted by Crippen LogP contribution is 2.33. The Labute approximate surface area is 166 Å². The van der Waals surface area contributed by atoms with E-state index in [1.165, 1.54) is 17.4 Å². The van der Waals surface area contributed by atoms with Gasteiger partial charge in [0.1, 0.15) is 5.52 Å². The molecule has 3 heterocycles. The fourth-order valence-electron chi connectivity index (χ4n) is 3.37. The number of nitrogens with one attached hydrogen (secondary N) is 1. The molecule has 0 atom stereocenters. The number of thiazole rings is 2. The maximum absolute atomic E-state index is 12.7. The number of urea groups is 1. The average Bonchev–Trinajstić information content (AvgIpc) is 3.32. The van der Waals surface area contributed by atoms with Crippen LogP contribution >= 0.6 is 22.7 Å². The highest BCUT2D eigenvalue weighted by molar-refractivity contribution is 7.24. The molecule has 0 unspecified atom stereocenters. The van der Waals surface area contributed by atoms with Crippen LogP contribution in [0.3, 0.4) is 0 Å². The van der Waals surface area contributed by atoms with Gasteiger partial charge in [0.25, 0.3) is 5.69 Å². The van der Waals surface area contributed by atoms with Crippen LogP contribution < -0.4 is 5.32 Å². The minimum absolute atomic E-state index is 0.0412. The van der Waals surface area contributed by atoms with Crippen molar-refractivity contribution >= 4 is 60.0 Å². The zero-order valence-electron chi connectivity index (χ0n) is 14.4. The molecule has 2 amide bonds. The van der Waals surface area contributed by atoms with Crippen molar-refractivity contribution in [3.05, 3.63) is 57.1 Å². The van der Waals surface area contributed by atoms with E-state index >= 15 is 0 Å². The van der Waals surface area contributed by atoms with E-state index in [1.54, 1.807) is 33.9 Å². The van der Waals surface area contributed by atoms with E-state index in [0.717, 1.165) is 31.6 Å². The Kier molecular flexibility index (Phi) is 3.95. The molecule has 2 aromatic heterocycles. The zero-order chi connectivity index (χ0) is 19.3. The maximum atomic E-state index is 12.7. The smallest absolute Gasteiger partial charge is 0.320 e. The van der Waals surface area contributed by atoms with E-state index in [0.29, 0.717) is 24.6 Å². The Hall–Kier alpha value is -3.11. The van der Waals surface area contributed by atoms with Crippen LogP contribution in [0.4, 0.5) is 15.6 Å². The molecule has 0 bridgehead atoms. The summed E-state index contributed by atoms with van der Waals surface area (Å²) in [7, 11) is 0. The predicted molar refractivity (Wildman–Crippen MR) is 109 cm³/mol. The molecule has 0 spiro atoms. The van der Waals surface area contributed by atoms with Crippen molar-refractivity contribution in [1.82, 2.24) is 14.9 Å². The number of benzene rings is 2. The molecule has 0 fully saturated rings. The Morgan fingerprint density at radius 2 is 2.14 bits per heavy atom. The number of hydrogen-bond donors (Lipinski definition) is 1. The number of amides is 2. The number of aromatic nitrogens is 2. The molecule has 4 aromatic rings. The van der Waals surface area contributed by atoms with Gasteiger partial charge < -0.3 is 4.90 Å². The maximum Gasteiger partial charge on any atom is 0.323 e. The summed E-state index contributed by atoms with van der Waals surface area (Å²) in [5.41, 5.74) is 5.40. The van der Waals surface area contributed by atoms with Crippen LogP contribution in [0.5, 0.6) is 0 Å². The van der Waals surface area contributed by atoms with Crippen molar-refractivity contribution in [3.8, 4) is 0 Å². The van der Waals surface area contributed by atoms with Gasteiger partial charge in [0.2, 0.25) is 0 Å². The lowest BCUT2D eigenvalue weighted by Crippen LogP contribution is -2.38. The molecule has 1 aliphatic heterocycles. The third-order valence-corrected chi connectivity index (χ3v) is 6.56. The quantitative estimate of drug-likeness (QED) is 0.389. The van der Waals surface area contributed by atoms with Crippen LogP contribution in [-0.2, 0) is 13.0 Å². The number of carbonyl (C=O) groups excluding carboxylic acids is 1. The van der Waals surface area contributed by atoms with Gasteiger partial charge in [-0.3, -0.25) is 15.4 Å². The van der Waals surface area contributed by atoms with Gasteiger partial charge in [-0.15, -0.1) is 11.3 Å². The minimum atomic E-state index is -0.417. The van der Waals surface area contributed by atoms with Crippen molar-refractivity contribution in [2.45, 2.75) is 13.0 Å². The number of non-ortho nitro benzene ring substituents is 1. The van der Waals surface area contributed by atoms with Gasteiger partial charge in [-0.2, -0.15) is 0 Å². The van der Waals surface area contributed by atoms with E-state index in [9.17, 15) is 14.9 Å². The first-order valence-corrected chi connectivity index (χ1v) is 10.2. The highest BCUT2D eigenvalue weighted by atomic mass is 32.1. The van der Waals surface area contributed by atoms with Gasteiger partial charge in [-0.1, -0.05) is 17.4 Å². The molecular formula is C18H13N5O3S2. The molecule has 5 rings (SSSR count). The Bertz CT molecular complexity index is 1250. The second kappa shape index (κ2) is 6.50. The predicted octanol–water partition coefficient (Wildman–Crippen LogP) is 4.40. The van der Waals surface area contributed by atoms with Crippen LogP contribution in [0.15, 0.2) is 35.8 Å². The number of rotatable bonds is 2. The number of carbonyl (C=O) groups is 1. The molecule has 0 saturated heterocycles. The zero-order valence-corrected chi connectivity index (χ0v) is 16.0. The molecule has 28 heavy (non-hydrogen) atoms. The molecule has 140 valence electrons. The van der Waals surface area contributed by atoms with Crippen molar-refractivity contribution in [2.24, 2.45) is 0 Å². The summed E-state index contributed by atoms with van der Waals surface area (Å²) in [4.78, 5) is 33.8. The van der Waals surface area contributed by atoms with E-state index in [4.69, 9.17) is 0 Å². The van der Waals surface area contributed by atoms with Crippen molar-refractivity contribution < 1.29 is 9.72 Å². The number of nitro groups is 1. The summed E-state index contributed by atoms with van der Waals surface area (Å²) in [6.07, 6.45) is 0.667. The van der Waals surface area contributed by atoms with E-state index in [1.807, 2.05) is 12.1 Å².